The molecule has 0 amide bonds. The van der Waals surface area contributed by atoms with E-state index in [4.69, 9.17) is 17.3 Å². The van der Waals surface area contributed by atoms with Crippen LogP contribution in [-0.4, -0.2) is 13.4 Å². The molecule has 0 radical (unpaired) electrons. The Kier molecular flexibility index (Phi) is 3.64. The molecule has 1 aromatic heterocycles. The van der Waals surface area contributed by atoms with Crippen LogP contribution in [0.4, 0.5) is 11.4 Å². The molecule has 112 valence electrons. The molecular weight excluding hydrogens is 322 g/mol. The van der Waals surface area contributed by atoms with E-state index >= 15 is 0 Å². The predicted octanol–water partition coefficient (Wildman–Crippen LogP) is 3.27. The minimum atomic E-state index is -3.86. The topological polar surface area (TPSA) is 85.1 Å². The van der Waals surface area contributed by atoms with Crippen LogP contribution in [0.3, 0.4) is 0 Å². The van der Waals surface area contributed by atoms with E-state index in [2.05, 4.69) is 9.71 Å². The highest BCUT2D eigenvalue weighted by atomic mass is 35.5. The summed E-state index contributed by atoms with van der Waals surface area (Å²) in [5, 5.41) is 1.13. The normalized spacial score (nSPS) is 11.5. The predicted molar refractivity (Wildman–Crippen MR) is 88.4 cm³/mol. The number of rotatable bonds is 3. The summed E-state index contributed by atoms with van der Waals surface area (Å²) < 4.78 is 27.6. The number of aromatic nitrogens is 1. The van der Waals surface area contributed by atoms with Crippen molar-refractivity contribution in [2.75, 3.05) is 10.5 Å². The minimum absolute atomic E-state index is 0.0621. The molecule has 3 aromatic rings. The first-order chi connectivity index (χ1) is 10.5. The number of nitrogens with two attached hydrogens (primary N) is 1. The third-order valence-corrected chi connectivity index (χ3v) is 4.80. The molecule has 0 saturated carbocycles. The smallest absolute Gasteiger partial charge is 0.264 e. The highest BCUT2D eigenvalue weighted by Crippen LogP contribution is 2.27. The lowest BCUT2D eigenvalue weighted by Crippen LogP contribution is -2.15. The molecule has 7 heteroatoms. The van der Waals surface area contributed by atoms with Gasteiger partial charge in [-0.1, -0.05) is 29.8 Å². The molecule has 0 saturated heterocycles. The summed E-state index contributed by atoms with van der Waals surface area (Å²) in [6.07, 6.45) is 1.61. The zero-order valence-corrected chi connectivity index (χ0v) is 12.9. The van der Waals surface area contributed by atoms with Gasteiger partial charge in [-0.2, -0.15) is 0 Å². The first-order valence-electron chi connectivity index (χ1n) is 6.39. The Bertz CT molecular complexity index is 953. The Morgan fingerprint density at radius 2 is 1.86 bits per heavy atom. The van der Waals surface area contributed by atoms with Gasteiger partial charge in [0.15, 0.2) is 0 Å². The lowest BCUT2D eigenvalue weighted by molar-refractivity contribution is 0.601. The van der Waals surface area contributed by atoms with Crippen LogP contribution in [0.15, 0.2) is 59.6 Å². The Morgan fingerprint density at radius 1 is 1.09 bits per heavy atom. The van der Waals surface area contributed by atoms with Crippen LogP contribution in [0.1, 0.15) is 0 Å². The van der Waals surface area contributed by atoms with E-state index in [1.807, 2.05) is 12.1 Å². The molecule has 3 rings (SSSR count). The zero-order valence-electron chi connectivity index (χ0n) is 11.3. The maximum atomic E-state index is 12.5. The van der Waals surface area contributed by atoms with E-state index in [1.165, 1.54) is 18.2 Å². The van der Waals surface area contributed by atoms with Gasteiger partial charge in [-0.25, -0.2) is 8.42 Å². The molecule has 0 spiro atoms. The van der Waals surface area contributed by atoms with E-state index in [9.17, 15) is 8.42 Å². The monoisotopic (exact) mass is 333 g/mol. The summed E-state index contributed by atoms with van der Waals surface area (Å²) >= 11 is 5.86. The van der Waals surface area contributed by atoms with Crippen molar-refractivity contribution in [3.8, 4) is 0 Å². The summed E-state index contributed by atoms with van der Waals surface area (Å²) in [5.74, 6) is 0. The first-order valence-corrected chi connectivity index (χ1v) is 8.25. The van der Waals surface area contributed by atoms with E-state index in [1.54, 1.807) is 24.4 Å². The van der Waals surface area contributed by atoms with Crippen molar-refractivity contribution >= 4 is 43.9 Å². The Labute approximate surface area is 132 Å². The number of pyridine rings is 1. The van der Waals surface area contributed by atoms with Crippen LogP contribution in [0.25, 0.3) is 10.9 Å². The molecule has 2 aromatic carbocycles. The summed E-state index contributed by atoms with van der Waals surface area (Å²) in [7, 11) is -3.86. The van der Waals surface area contributed by atoms with Gasteiger partial charge in [0.05, 0.1) is 16.9 Å². The quantitative estimate of drug-likeness (QED) is 0.720. The molecule has 0 fully saturated rings. The van der Waals surface area contributed by atoms with Gasteiger partial charge in [0.25, 0.3) is 10.0 Å². The van der Waals surface area contributed by atoms with Gasteiger partial charge in [0, 0.05) is 16.6 Å². The van der Waals surface area contributed by atoms with Gasteiger partial charge in [-0.3, -0.25) is 9.71 Å². The largest absolute Gasteiger partial charge is 0.398 e. The fraction of sp³-hybridized carbons (Fsp3) is 0. The van der Waals surface area contributed by atoms with Crippen molar-refractivity contribution in [3.05, 3.63) is 59.8 Å². The van der Waals surface area contributed by atoms with E-state index in [-0.39, 0.29) is 10.6 Å². The fourth-order valence-corrected chi connectivity index (χ4v) is 3.59. The molecular formula is C15H12ClN3O2S. The molecule has 1 heterocycles. The molecule has 0 unspecified atom stereocenters. The summed E-state index contributed by atoms with van der Waals surface area (Å²) in [4.78, 5) is 4.15. The average molecular weight is 334 g/mol. The van der Waals surface area contributed by atoms with Gasteiger partial charge in [-0.05, 0) is 30.3 Å². The van der Waals surface area contributed by atoms with Crippen LogP contribution in [0.5, 0.6) is 0 Å². The number of hydrogen-bond donors (Lipinski definition) is 2. The molecule has 3 N–H and O–H groups in total. The second-order valence-electron chi connectivity index (χ2n) is 4.67. The van der Waals surface area contributed by atoms with Gasteiger partial charge < -0.3 is 5.73 Å². The lowest BCUT2D eigenvalue weighted by Gasteiger charge is -2.12. The van der Waals surface area contributed by atoms with Crippen molar-refractivity contribution in [1.82, 2.24) is 4.98 Å². The number of halogens is 1. The fourth-order valence-electron chi connectivity index (χ4n) is 2.13. The Balaban J connectivity index is 2.09. The number of nitrogens with zero attached hydrogens (tertiary/aromatic N) is 1. The molecule has 0 atom stereocenters. The summed E-state index contributed by atoms with van der Waals surface area (Å²) in [5.41, 5.74) is 6.83. The van der Waals surface area contributed by atoms with Gasteiger partial charge in [-0.15, -0.1) is 0 Å². The number of anilines is 2. The number of fused-ring (bicyclic) bond motifs is 1. The van der Waals surface area contributed by atoms with Gasteiger partial charge >= 0.3 is 0 Å². The first kappa shape index (κ1) is 14.6. The van der Waals surface area contributed by atoms with Crippen molar-refractivity contribution in [2.45, 2.75) is 4.90 Å². The zero-order chi connectivity index (χ0) is 15.7. The van der Waals surface area contributed by atoms with Crippen LogP contribution in [-0.2, 0) is 10.0 Å². The maximum absolute atomic E-state index is 12.5. The second kappa shape index (κ2) is 5.47. The van der Waals surface area contributed by atoms with E-state index in [0.717, 1.165) is 5.39 Å². The van der Waals surface area contributed by atoms with Gasteiger partial charge in [0.2, 0.25) is 0 Å². The van der Waals surface area contributed by atoms with Crippen molar-refractivity contribution < 1.29 is 8.42 Å². The molecule has 22 heavy (non-hydrogen) atoms. The van der Waals surface area contributed by atoms with Crippen molar-refractivity contribution in [1.29, 1.82) is 0 Å². The van der Waals surface area contributed by atoms with Crippen molar-refractivity contribution in [2.24, 2.45) is 0 Å². The Morgan fingerprint density at radius 3 is 2.68 bits per heavy atom. The third-order valence-electron chi connectivity index (χ3n) is 3.14. The number of nitrogen functional groups attached to an aromatic ring is 1. The molecule has 0 aliphatic heterocycles. The highest BCUT2D eigenvalue weighted by Gasteiger charge is 2.19. The molecule has 0 aliphatic rings. The van der Waals surface area contributed by atoms with Crippen LogP contribution in [0.2, 0.25) is 5.02 Å². The minimum Gasteiger partial charge on any atom is -0.398 e. The summed E-state index contributed by atoms with van der Waals surface area (Å²) in [6.45, 7) is 0. The molecule has 0 bridgehead atoms. The van der Waals surface area contributed by atoms with Crippen LogP contribution >= 0.6 is 11.6 Å². The van der Waals surface area contributed by atoms with Crippen LogP contribution in [0, 0.1) is 0 Å². The van der Waals surface area contributed by atoms with E-state index < -0.39 is 10.0 Å². The maximum Gasteiger partial charge on any atom is 0.264 e. The van der Waals surface area contributed by atoms with Crippen LogP contribution < -0.4 is 10.5 Å². The number of hydrogen-bond acceptors (Lipinski definition) is 4. The number of para-hydroxylation sites is 1. The SMILES string of the molecule is Nc1ccc(Cl)cc1S(=O)(=O)Nc1cccc2cccnc12. The van der Waals surface area contributed by atoms with E-state index in [0.29, 0.717) is 16.2 Å². The van der Waals surface area contributed by atoms with Crippen molar-refractivity contribution in [3.63, 3.8) is 0 Å². The number of sulfonamides is 1. The number of nitrogens with one attached hydrogen (secondary N) is 1. The average Bonchev–Trinajstić information content (AvgIpc) is 2.50. The second-order valence-corrected chi connectivity index (χ2v) is 6.76. The summed E-state index contributed by atoms with van der Waals surface area (Å²) in [6, 6.07) is 13.2. The Hall–Kier alpha value is -2.31. The standard InChI is InChI=1S/C15H12ClN3O2S/c16-11-6-7-12(17)14(9-11)22(20,21)19-13-5-1-3-10-4-2-8-18-15(10)13/h1-9,19H,17H2. The molecule has 5 nitrogen and oxygen atoms in total. The highest BCUT2D eigenvalue weighted by molar-refractivity contribution is 7.93. The third kappa shape index (κ3) is 2.70. The lowest BCUT2D eigenvalue weighted by atomic mass is 10.2. The van der Waals surface area contributed by atoms with Gasteiger partial charge in [0.1, 0.15) is 4.90 Å². The molecule has 0 aliphatic carbocycles. The number of benzene rings is 2.